The molecule has 2 heterocycles. The number of carboxylic acid groups (broad SMARTS) is 1. The van der Waals surface area contributed by atoms with E-state index in [9.17, 15) is 9.90 Å². The number of aliphatic carboxylic acids is 1. The van der Waals surface area contributed by atoms with Crippen LogP contribution in [-0.2, 0) is 4.79 Å². The molecule has 0 saturated carbocycles. The molecular weight excluding hydrogens is 288 g/mol. The molecule has 7 heteroatoms. The van der Waals surface area contributed by atoms with Crippen molar-refractivity contribution in [3.8, 4) is 11.3 Å². The van der Waals surface area contributed by atoms with Gasteiger partial charge in [0.2, 0.25) is 0 Å². The summed E-state index contributed by atoms with van der Waals surface area (Å²) >= 11 is 4.24. The van der Waals surface area contributed by atoms with Gasteiger partial charge in [0.15, 0.2) is 0 Å². The molecule has 0 fully saturated rings. The molecule has 2 aromatic heterocycles. The molecule has 0 aliphatic carbocycles. The highest BCUT2D eigenvalue weighted by Gasteiger charge is 2.32. The van der Waals surface area contributed by atoms with Crippen molar-refractivity contribution >= 4 is 40.6 Å². The number of aromatic nitrogens is 2. The zero-order valence-corrected chi connectivity index (χ0v) is 12.4. The van der Waals surface area contributed by atoms with E-state index in [1.807, 2.05) is 23.8 Å². The smallest absolute Gasteiger partial charge is 0.319 e. The Kier molecular flexibility index (Phi) is 4.04. The first-order valence-electron chi connectivity index (χ1n) is 5.33. The van der Waals surface area contributed by atoms with E-state index in [0.29, 0.717) is 6.42 Å². The van der Waals surface area contributed by atoms with Gasteiger partial charge in [-0.3, -0.25) is 4.79 Å². The Bertz CT molecular complexity index is 538. The van der Waals surface area contributed by atoms with Crippen LogP contribution in [0.1, 0.15) is 20.3 Å². The maximum atomic E-state index is 11.3. The first-order chi connectivity index (χ1) is 8.55. The van der Waals surface area contributed by atoms with Crippen molar-refractivity contribution in [2.24, 2.45) is 0 Å². The van der Waals surface area contributed by atoms with Gasteiger partial charge in [-0.05, 0) is 30.9 Å². The van der Waals surface area contributed by atoms with E-state index in [2.05, 4.69) is 9.59 Å². The van der Waals surface area contributed by atoms with Crippen LogP contribution in [0.3, 0.4) is 0 Å². The molecule has 2 rings (SSSR count). The number of hydrogen-bond acceptors (Lipinski definition) is 6. The summed E-state index contributed by atoms with van der Waals surface area (Å²) in [6.07, 6.45) is 0.582. The Balaban J connectivity index is 2.19. The third kappa shape index (κ3) is 2.73. The van der Waals surface area contributed by atoms with Crippen LogP contribution in [0.2, 0.25) is 0 Å². The molecule has 96 valence electrons. The predicted molar refractivity (Wildman–Crippen MR) is 75.4 cm³/mol. The molecule has 0 aromatic carbocycles. The van der Waals surface area contributed by atoms with Gasteiger partial charge in [0.25, 0.3) is 0 Å². The fourth-order valence-corrected chi connectivity index (χ4v) is 4.13. The molecule has 4 nitrogen and oxygen atoms in total. The second kappa shape index (κ2) is 5.38. The van der Waals surface area contributed by atoms with Crippen molar-refractivity contribution in [3.63, 3.8) is 0 Å². The van der Waals surface area contributed by atoms with Crippen molar-refractivity contribution in [3.05, 3.63) is 16.8 Å². The molecule has 18 heavy (non-hydrogen) atoms. The molecule has 2 aromatic rings. The summed E-state index contributed by atoms with van der Waals surface area (Å²) in [7, 11) is 0. The monoisotopic (exact) mass is 300 g/mol. The van der Waals surface area contributed by atoms with Gasteiger partial charge in [0, 0.05) is 16.3 Å². The highest BCUT2D eigenvalue weighted by molar-refractivity contribution is 8.03. The minimum atomic E-state index is -0.778. The second-order valence-electron chi connectivity index (χ2n) is 3.94. The van der Waals surface area contributed by atoms with Crippen LogP contribution in [0.5, 0.6) is 0 Å². The maximum absolute atomic E-state index is 11.3. The Morgan fingerprint density at radius 3 is 2.89 bits per heavy atom. The molecule has 0 saturated heterocycles. The summed E-state index contributed by atoms with van der Waals surface area (Å²) in [6, 6.07) is 1.98. The number of thiophene rings is 1. The minimum Gasteiger partial charge on any atom is -0.480 e. The Hall–Kier alpha value is -0.920. The van der Waals surface area contributed by atoms with Crippen LogP contribution >= 0.6 is 34.6 Å². The van der Waals surface area contributed by atoms with Gasteiger partial charge in [-0.15, -0.1) is 16.4 Å². The largest absolute Gasteiger partial charge is 0.480 e. The Labute approximate surface area is 117 Å². The van der Waals surface area contributed by atoms with Crippen LogP contribution in [0.25, 0.3) is 11.3 Å². The first kappa shape index (κ1) is 13.5. The van der Waals surface area contributed by atoms with Gasteiger partial charge in [0.1, 0.15) is 10.4 Å². The summed E-state index contributed by atoms with van der Waals surface area (Å²) in [6.45, 7) is 3.64. The molecule has 1 unspecified atom stereocenters. The SMILES string of the molecule is CCC(C)(Sc1cc(-c2csnn2)cs1)C(=O)O. The highest BCUT2D eigenvalue weighted by atomic mass is 32.2. The maximum Gasteiger partial charge on any atom is 0.319 e. The van der Waals surface area contributed by atoms with Gasteiger partial charge in [0.05, 0.1) is 4.21 Å². The third-order valence-corrected chi connectivity index (χ3v) is 5.68. The fourth-order valence-electron chi connectivity index (χ4n) is 1.28. The van der Waals surface area contributed by atoms with E-state index in [1.165, 1.54) is 23.3 Å². The molecule has 0 amide bonds. The van der Waals surface area contributed by atoms with Crippen molar-refractivity contribution < 1.29 is 9.90 Å². The van der Waals surface area contributed by atoms with Gasteiger partial charge < -0.3 is 5.11 Å². The highest BCUT2D eigenvalue weighted by Crippen LogP contribution is 2.40. The van der Waals surface area contributed by atoms with Crippen LogP contribution in [-0.4, -0.2) is 25.4 Å². The van der Waals surface area contributed by atoms with Crippen LogP contribution < -0.4 is 0 Å². The molecule has 0 bridgehead atoms. The summed E-state index contributed by atoms with van der Waals surface area (Å²) in [5, 5.41) is 17.1. The van der Waals surface area contributed by atoms with Crippen LogP contribution in [0.4, 0.5) is 0 Å². The summed E-state index contributed by atoms with van der Waals surface area (Å²) in [4.78, 5) is 11.3. The normalized spacial score (nSPS) is 14.3. The van der Waals surface area contributed by atoms with Gasteiger partial charge >= 0.3 is 5.97 Å². The molecule has 1 atom stereocenters. The first-order valence-corrected chi connectivity index (χ1v) is 7.87. The van der Waals surface area contributed by atoms with Crippen molar-refractivity contribution in [1.29, 1.82) is 0 Å². The lowest BCUT2D eigenvalue weighted by atomic mass is 10.1. The molecule has 0 aliphatic rings. The summed E-state index contributed by atoms with van der Waals surface area (Å²) in [5.74, 6) is -0.778. The fraction of sp³-hybridized carbons (Fsp3) is 0.364. The molecule has 0 radical (unpaired) electrons. The Morgan fingerprint density at radius 1 is 1.56 bits per heavy atom. The van der Waals surface area contributed by atoms with E-state index < -0.39 is 10.7 Å². The zero-order valence-electron chi connectivity index (χ0n) is 9.91. The van der Waals surface area contributed by atoms with Gasteiger partial charge in [-0.25, -0.2) is 0 Å². The standard InChI is InChI=1S/C11H12N2O2S3/c1-3-11(2,10(14)15)18-9-4-7(5-16-9)8-6-17-13-12-8/h4-6H,3H2,1-2H3,(H,14,15). The zero-order chi connectivity index (χ0) is 13.2. The summed E-state index contributed by atoms with van der Waals surface area (Å²) in [5.41, 5.74) is 1.84. The van der Waals surface area contributed by atoms with E-state index in [0.717, 1.165) is 15.5 Å². The average Bonchev–Trinajstić information content (AvgIpc) is 2.97. The number of hydrogen-bond donors (Lipinski definition) is 1. The lowest BCUT2D eigenvalue weighted by molar-refractivity contribution is -0.139. The number of rotatable bonds is 5. The third-order valence-electron chi connectivity index (χ3n) is 2.68. The lowest BCUT2D eigenvalue weighted by Gasteiger charge is -2.20. The van der Waals surface area contributed by atoms with E-state index in [1.54, 1.807) is 18.3 Å². The van der Waals surface area contributed by atoms with Crippen molar-refractivity contribution in [2.75, 3.05) is 0 Å². The van der Waals surface area contributed by atoms with E-state index in [-0.39, 0.29) is 0 Å². The predicted octanol–water partition coefficient (Wildman–Crippen LogP) is 3.61. The number of carbonyl (C=O) groups is 1. The molecule has 0 spiro atoms. The number of carboxylic acids is 1. The van der Waals surface area contributed by atoms with Gasteiger partial charge in [-0.1, -0.05) is 23.2 Å². The van der Waals surface area contributed by atoms with E-state index in [4.69, 9.17) is 0 Å². The topological polar surface area (TPSA) is 63.1 Å². The minimum absolute atomic E-state index is 0.582. The lowest BCUT2D eigenvalue weighted by Crippen LogP contribution is -2.30. The van der Waals surface area contributed by atoms with E-state index >= 15 is 0 Å². The molecule has 0 aliphatic heterocycles. The quantitative estimate of drug-likeness (QED) is 0.855. The Morgan fingerprint density at radius 2 is 2.33 bits per heavy atom. The van der Waals surface area contributed by atoms with Crippen LogP contribution in [0, 0.1) is 0 Å². The molecule has 1 N–H and O–H groups in total. The summed E-state index contributed by atoms with van der Waals surface area (Å²) < 4.78 is 4.04. The molecular formula is C11H12N2O2S3. The van der Waals surface area contributed by atoms with Crippen molar-refractivity contribution in [1.82, 2.24) is 9.59 Å². The number of nitrogens with zero attached hydrogens (tertiary/aromatic N) is 2. The number of thioether (sulfide) groups is 1. The van der Waals surface area contributed by atoms with Gasteiger partial charge in [-0.2, -0.15) is 0 Å². The van der Waals surface area contributed by atoms with Crippen LogP contribution in [0.15, 0.2) is 21.0 Å². The van der Waals surface area contributed by atoms with Crippen molar-refractivity contribution in [2.45, 2.75) is 29.2 Å². The second-order valence-corrected chi connectivity index (χ2v) is 7.26. The average molecular weight is 300 g/mol.